The second-order valence-corrected chi connectivity index (χ2v) is 6.34. The lowest BCUT2D eigenvalue weighted by atomic mass is 9.64. The summed E-state index contributed by atoms with van der Waals surface area (Å²) >= 11 is 0. The van der Waals surface area contributed by atoms with Gasteiger partial charge in [-0.25, -0.2) is 4.79 Å². The van der Waals surface area contributed by atoms with E-state index in [-0.39, 0.29) is 17.1 Å². The van der Waals surface area contributed by atoms with Gasteiger partial charge in [-0.05, 0) is 44.4 Å². The van der Waals surface area contributed by atoms with Gasteiger partial charge in [0.05, 0.1) is 5.69 Å². The van der Waals surface area contributed by atoms with Crippen molar-refractivity contribution in [1.82, 2.24) is 9.13 Å². The van der Waals surface area contributed by atoms with Crippen molar-refractivity contribution in [1.29, 1.82) is 0 Å². The van der Waals surface area contributed by atoms with Gasteiger partial charge in [-0.3, -0.25) is 9.13 Å². The van der Waals surface area contributed by atoms with E-state index in [2.05, 4.69) is 12.1 Å². The molecule has 1 heterocycles. The number of aromatic nitrogens is 2. The summed E-state index contributed by atoms with van der Waals surface area (Å²) in [6, 6.07) is 8.44. The van der Waals surface area contributed by atoms with E-state index < -0.39 is 0 Å². The van der Waals surface area contributed by atoms with Gasteiger partial charge in [-0.15, -0.1) is 0 Å². The van der Waals surface area contributed by atoms with Crippen LogP contribution in [0.2, 0.25) is 0 Å². The van der Waals surface area contributed by atoms with Crippen LogP contribution in [-0.4, -0.2) is 15.7 Å². The molecule has 4 heteroatoms. The van der Waals surface area contributed by atoms with Crippen LogP contribution in [-0.2, 0) is 5.41 Å². The first-order chi connectivity index (χ1) is 10.1. The highest BCUT2D eigenvalue weighted by Gasteiger charge is 2.37. The topological polar surface area (TPSA) is 52.9 Å². The Morgan fingerprint density at radius 2 is 2.05 bits per heavy atom. The highest BCUT2D eigenvalue weighted by Crippen LogP contribution is 2.43. The zero-order chi connectivity index (χ0) is 15.0. The van der Waals surface area contributed by atoms with Crippen LogP contribution in [0.15, 0.2) is 41.5 Å². The maximum atomic E-state index is 12.4. The van der Waals surface area contributed by atoms with E-state index in [9.17, 15) is 4.79 Å². The van der Waals surface area contributed by atoms with Gasteiger partial charge in [-0.1, -0.05) is 18.6 Å². The van der Waals surface area contributed by atoms with E-state index in [0.717, 1.165) is 18.5 Å². The standard InChI is InChI=1S/C17H23N3O/c1-13(2)19-9-10-20(16(19)21)15-6-3-5-14(11-15)17(12-18)7-4-8-17/h3,5-6,9-11,13H,4,7-8,12,18H2,1-2H3. The lowest BCUT2D eigenvalue weighted by molar-refractivity contribution is 0.253. The van der Waals surface area contributed by atoms with Crippen molar-refractivity contribution in [3.63, 3.8) is 0 Å². The third kappa shape index (κ3) is 2.23. The van der Waals surface area contributed by atoms with Crippen molar-refractivity contribution in [2.24, 2.45) is 5.73 Å². The van der Waals surface area contributed by atoms with Gasteiger partial charge in [0.25, 0.3) is 0 Å². The average Bonchev–Trinajstić information content (AvgIpc) is 2.80. The molecule has 1 aliphatic rings. The van der Waals surface area contributed by atoms with Gasteiger partial charge < -0.3 is 5.73 Å². The van der Waals surface area contributed by atoms with E-state index in [1.807, 2.05) is 38.4 Å². The molecule has 1 aromatic heterocycles. The Balaban J connectivity index is 2.03. The summed E-state index contributed by atoms with van der Waals surface area (Å²) in [5.74, 6) is 0. The predicted molar refractivity (Wildman–Crippen MR) is 85.0 cm³/mol. The summed E-state index contributed by atoms with van der Waals surface area (Å²) in [6.07, 6.45) is 7.23. The minimum Gasteiger partial charge on any atom is -0.330 e. The van der Waals surface area contributed by atoms with Crippen LogP contribution in [0.4, 0.5) is 0 Å². The molecule has 1 aliphatic carbocycles. The van der Waals surface area contributed by atoms with Crippen molar-refractivity contribution in [2.75, 3.05) is 6.54 Å². The van der Waals surface area contributed by atoms with Crippen molar-refractivity contribution in [3.8, 4) is 5.69 Å². The molecule has 0 amide bonds. The van der Waals surface area contributed by atoms with Gasteiger partial charge in [0.2, 0.25) is 0 Å². The Hall–Kier alpha value is -1.81. The average molecular weight is 285 g/mol. The second-order valence-electron chi connectivity index (χ2n) is 6.34. The Kier molecular flexibility index (Phi) is 3.49. The zero-order valence-electron chi connectivity index (χ0n) is 12.7. The molecular formula is C17H23N3O. The van der Waals surface area contributed by atoms with Crippen LogP contribution in [0.5, 0.6) is 0 Å². The SMILES string of the molecule is CC(C)n1ccn(-c2cccc(C3(CN)CCC3)c2)c1=O. The number of imidazole rings is 1. The molecule has 3 rings (SSSR count). The normalized spacial score (nSPS) is 17.0. The van der Waals surface area contributed by atoms with E-state index in [0.29, 0.717) is 6.54 Å². The van der Waals surface area contributed by atoms with Gasteiger partial charge >= 0.3 is 5.69 Å². The third-order valence-corrected chi connectivity index (χ3v) is 4.80. The summed E-state index contributed by atoms with van der Waals surface area (Å²) in [5, 5.41) is 0. The first-order valence-electron chi connectivity index (χ1n) is 7.68. The number of nitrogens with two attached hydrogens (primary N) is 1. The van der Waals surface area contributed by atoms with Gasteiger partial charge in [0, 0.05) is 30.4 Å². The molecule has 0 spiro atoms. The van der Waals surface area contributed by atoms with E-state index in [1.165, 1.54) is 12.0 Å². The Bertz CT molecular complexity index is 687. The highest BCUT2D eigenvalue weighted by atomic mass is 16.1. The maximum absolute atomic E-state index is 12.4. The second kappa shape index (κ2) is 5.19. The molecule has 1 aromatic carbocycles. The molecule has 1 fully saturated rings. The summed E-state index contributed by atoms with van der Waals surface area (Å²) in [4.78, 5) is 12.4. The predicted octanol–water partition coefficient (Wildman–Crippen LogP) is 2.60. The minimum atomic E-state index is 0.0116. The fourth-order valence-electron chi connectivity index (χ4n) is 3.18. The molecule has 112 valence electrons. The fourth-order valence-corrected chi connectivity index (χ4v) is 3.18. The maximum Gasteiger partial charge on any atom is 0.332 e. The number of hydrogen-bond donors (Lipinski definition) is 1. The van der Waals surface area contributed by atoms with E-state index in [4.69, 9.17) is 5.73 Å². The number of benzene rings is 1. The first-order valence-corrected chi connectivity index (χ1v) is 7.68. The summed E-state index contributed by atoms with van der Waals surface area (Å²) < 4.78 is 3.46. The summed E-state index contributed by atoms with van der Waals surface area (Å²) in [6.45, 7) is 4.71. The van der Waals surface area contributed by atoms with Crippen molar-refractivity contribution >= 4 is 0 Å². The van der Waals surface area contributed by atoms with Crippen molar-refractivity contribution in [3.05, 3.63) is 52.7 Å². The highest BCUT2D eigenvalue weighted by molar-refractivity contribution is 5.40. The van der Waals surface area contributed by atoms with Gasteiger partial charge in [0.15, 0.2) is 0 Å². The number of nitrogens with zero attached hydrogens (tertiary/aromatic N) is 2. The van der Waals surface area contributed by atoms with Crippen LogP contribution in [0.3, 0.4) is 0 Å². The van der Waals surface area contributed by atoms with Crippen molar-refractivity contribution in [2.45, 2.75) is 44.6 Å². The van der Waals surface area contributed by atoms with Crippen LogP contribution in [0.25, 0.3) is 5.69 Å². The molecule has 0 unspecified atom stereocenters. The van der Waals surface area contributed by atoms with E-state index >= 15 is 0 Å². The molecule has 21 heavy (non-hydrogen) atoms. The lowest BCUT2D eigenvalue weighted by Crippen LogP contribution is -2.41. The molecule has 2 N–H and O–H groups in total. The number of rotatable bonds is 4. The molecular weight excluding hydrogens is 262 g/mol. The molecule has 0 aliphatic heterocycles. The van der Waals surface area contributed by atoms with Crippen LogP contribution in [0, 0.1) is 0 Å². The monoisotopic (exact) mass is 285 g/mol. The molecule has 2 aromatic rings. The van der Waals surface area contributed by atoms with Crippen LogP contribution >= 0.6 is 0 Å². The molecule has 1 saturated carbocycles. The van der Waals surface area contributed by atoms with Crippen LogP contribution < -0.4 is 11.4 Å². The molecule has 0 bridgehead atoms. The Morgan fingerprint density at radius 3 is 2.57 bits per heavy atom. The summed E-state index contributed by atoms with van der Waals surface area (Å²) in [5.41, 5.74) is 8.32. The Morgan fingerprint density at radius 1 is 1.29 bits per heavy atom. The minimum absolute atomic E-state index is 0.0116. The quantitative estimate of drug-likeness (QED) is 0.938. The molecule has 0 atom stereocenters. The largest absolute Gasteiger partial charge is 0.332 e. The van der Waals surface area contributed by atoms with E-state index in [1.54, 1.807) is 9.13 Å². The first kappa shape index (κ1) is 14.1. The molecule has 4 nitrogen and oxygen atoms in total. The van der Waals surface area contributed by atoms with Gasteiger partial charge in [-0.2, -0.15) is 0 Å². The molecule has 0 radical (unpaired) electrons. The lowest BCUT2D eigenvalue weighted by Gasteiger charge is -2.41. The number of hydrogen-bond acceptors (Lipinski definition) is 2. The van der Waals surface area contributed by atoms with Crippen LogP contribution in [0.1, 0.15) is 44.7 Å². The van der Waals surface area contributed by atoms with Crippen molar-refractivity contribution < 1.29 is 0 Å². The zero-order valence-corrected chi connectivity index (χ0v) is 12.7. The summed E-state index contributed by atoms with van der Waals surface area (Å²) in [7, 11) is 0. The fraction of sp³-hybridized carbons (Fsp3) is 0.471. The third-order valence-electron chi connectivity index (χ3n) is 4.80. The molecule has 0 saturated heterocycles. The smallest absolute Gasteiger partial charge is 0.330 e. The van der Waals surface area contributed by atoms with Gasteiger partial charge in [0.1, 0.15) is 0 Å². The Labute approximate surface area is 125 Å².